The fourth-order valence-electron chi connectivity index (χ4n) is 1.23. The van der Waals surface area contributed by atoms with Gasteiger partial charge in [0.15, 0.2) is 0 Å². The Labute approximate surface area is 64.5 Å². The number of H-pyrrole nitrogens is 1. The fraction of sp³-hybridized carbons (Fsp3) is 0. The highest BCUT2D eigenvalue weighted by Gasteiger charge is 2.02. The van der Waals surface area contributed by atoms with Gasteiger partial charge in [-0.2, -0.15) is 0 Å². The Hall–Kier alpha value is -1.44. The fourth-order valence-corrected chi connectivity index (χ4v) is 1.23. The minimum atomic E-state index is 0.286. The largest absolute Gasteiger partial charge is 0.507 e. The summed E-state index contributed by atoms with van der Waals surface area (Å²) in [5.41, 5.74) is 1.76. The van der Waals surface area contributed by atoms with Crippen molar-refractivity contribution in [3.8, 4) is 5.75 Å². The second-order valence-electron chi connectivity index (χ2n) is 2.51. The third kappa shape index (κ3) is 0.792. The molecule has 11 heavy (non-hydrogen) atoms. The van der Waals surface area contributed by atoms with E-state index in [1.54, 1.807) is 18.3 Å². The molecule has 1 radical (unpaired) electrons. The Balaban J connectivity index is 2.96. The Morgan fingerprint density at radius 1 is 1.36 bits per heavy atom. The van der Waals surface area contributed by atoms with Crippen LogP contribution in [-0.2, 0) is 0 Å². The summed E-state index contributed by atoms with van der Waals surface area (Å²) in [6.07, 6.45) is 1.78. The number of fused-ring (bicyclic) bond motifs is 1. The van der Waals surface area contributed by atoms with E-state index in [0.717, 1.165) is 16.5 Å². The molecule has 0 aliphatic heterocycles. The first-order chi connectivity index (χ1) is 5.29. The van der Waals surface area contributed by atoms with Crippen LogP contribution in [0.4, 0.5) is 0 Å². The SMILES string of the molecule is [CH2]c1c[nH]c2cccc(O)c12. The van der Waals surface area contributed by atoms with Crippen LogP contribution >= 0.6 is 0 Å². The zero-order chi connectivity index (χ0) is 7.84. The van der Waals surface area contributed by atoms with Crippen LogP contribution in [0.5, 0.6) is 5.75 Å². The van der Waals surface area contributed by atoms with E-state index in [4.69, 9.17) is 0 Å². The summed E-state index contributed by atoms with van der Waals surface area (Å²) in [5.74, 6) is 0.286. The van der Waals surface area contributed by atoms with E-state index in [0.29, 0.717) is 0 Å². The van der Waals surface area contributed by atoms with Gasteiger partial charge in [-0.05, 0) is 24.6 Å². The van der Waals surface area contributed by atoms with Crippen molar-refractivity contribution < 1.29 is 5.11 Å². The van der Waals surface area contributed by atoms with Gasteiger partial charge in [0.25, 0.3) is 0 Å². The minimum Gasteiger partial charge on any atom is -0.507 e. The van der Waals surface area contributed by atoms with Gasteiger partial charge < -0.3 is 10.1 Å². The molecule has 0 aliphatic rings. The number of aromatic hydroxyl groups is 1. The van der Waals surface area contributed by atoms with Crippen molar-refractivity contribution >= 4 is 10.9 Å². The van der Waals surface area contributed by atoms with E-state index in [1.807, 2.05) is 6.07 Å². The first-order valence-electron chi connectivity index (χ1n) is 3.40. The van der Waals surface area contributed by atoms with Gasteiger partial charge in [-0.3, -0.25) is 0 Å². The highest BCUT2D eigenvalue weighted by molar-refractivity contribution is 5.89. The summed E-state index contributed by atoms with van der Waals surface area (Å²) in [4.78, 5) is 3.01. The van der Waals surface area contributed by atoms with Crippen LogP contribution in [-0.4, -0.2) is 10.1 Å². The quantitative estimate of drug-likeness (QED) is 0.586. The van der Waals surface area contributed by atoms with Gasteiger partial charge in [0.2, 0.25) is 0 Å². The monoisotopic (exact) mass is 146 g/mol. The van der Waals surface area contributed by atoms with E-state index in [2.05, 4.69) is 11.9 Å². The number of rotatable bonds is 0. The zero-order valence-corrected chi connectivity index (χ0v) is 5.96. The molecule has 0 fully saturated rings. The smallest absolute Gasteiger partial charge is 0.125 e. The number of aromatic amines is 1. The van der Waals surface area contributed by atoms with Crippen molar-refractivity contribution in [2.24, 2.45) is 0 Å². The van der Waals surface area contributed by atoms with Crippen molar-refractivity contribution in [1.82, 2.24) is 4.98 Å². The van der Waals surface area contributed by atoms with Crippen molar-refractivity contribution in [3.63, 3.8) is 0 Å². The van der Waals surface area contributed by atoms with Crippen LogP contribution in [0.25, 0.3) is 10.9 Å². The first kappa shape index (κ1) is 6.28. The maximum Gasteiger partial charge on any atom is 0.125 e. The summed E-state index contributed by atoms with van der Waals surface area (Å²) in [5, 5.41) is 10.2. The predicted octanol–water partition coefficient (Wildman–Crippen LogP) is 2.06. The topological polar surface area (TPSA) is 36.0 Å². The normalized spacial score (nSPS) is 10.6. The molecule has 2 N–H and O–H groups in total. The number of aromatic nitrogens is 1. The Morgan fingerprint density at radius 2 is 2.18 bits per heavy atom. The predicted molar refractivity (Wildman–Crippen MR) is 44.4 cm³/mol. The van der Waals surface area contributed by atoms with Gasteiger partial charge in [0.1, 0.15) is 5.75 Å². The maximum atomic E-state index is 9.38. The van der Waals surface area contributed by atoms with Gasteiger partial charge in [0.05, 0.1) is 0 Å². The van der Waals surface area contributed by atoms with Crippen LogP contribution in [0.15, 0.2) is 24.4 Å². The molecule has 0 atom stereocenters. The lowest BCUT2D eigenvalue weighted by Crippen LogP contribution is -1.69. The third-order valence-electron chi connectivity index (χ3n) is 1.77. The van der Waals surface area contributed by atoms with Crippen LogP contribution in [0, 0.1) is 6.92 Å². The lowest BCUT2D eigenvalue weighted by atomic mass is 10.2. The van der Waals surface area contributed by atoms with Gasteiger partial charge in [0, 0.05) is 17.1 Å². The first-order valence-corrected chi connectivity index (χ1v) is 3.40. The van der Waals surface area contributed by atoms with Gasteiger partial charge >= 0.3 is 0 Å². The molecule has 0 aliphatic carbocycles. The molecule has 2 aromatic rings. The summed E-state index contributed by atoms with van der Waals surface area (Å²) < 4.78 is 0. The Bertz CT molecular complexity index is 389. The summed E-state index contributed by atoms with van der Waals surface area (Å²) in [7, 11) is 0. The lowest BCUT2D eigenvalue weighted by molar-refractivity contribution is 0.481. The van der Waals surface area contributed by atoms with Crippen LogP contribution in [0.3, 0.4) is 0 Å². The van der Waals surface area contributed by atoms with Crippen LogP contribution in [0.1, 0.15) is 5.56 Å². The Morgan fingerprint density at radius 3 is 2.91 bits per heavy atom. The molecule has 2 nitrogen and oxygen atoms in total. The number of hydrogen-bond donors (Lipinski definition) is 2. The molecular formula is C9H8NO. The highest BCUT2D eigenvalue weighted by Crippen LogP contribution is 2.26. The van der Waals surface area contributed by atoms with Gasteiger partial charge in [-0.1, -0.05) is 6.07 Å². The zero-order valence-electron chi connectivity index (χ0n) is 5.96. The van der Waals surface area contributed by atoms with E-state index in [1.165, 1.54) is 0 Å². The van der Waals surface area contributed by atoms with Crippen LogP contribution in [0.2, 0.25) is 0 Å². The van der Waals surface area contributed by atoms with Crippen molar-refractivity contribution in [2.45, 2.75) is 0 Å². The molecular weight excluding hydrogens is 138 g/mol. The molecule has 0 unspecified atom stereocenters. The number of phenols is 1. The molecule has 0 spiro atoms. The summed E-state index contributed by atoms with van der Waals surface area (Å²) in [6, 6.07) is 5.36. The van der Waals surface area contributed by atoms with Gasteiger partial charge in [-0.15, -0.1) is 0 Å². The van der Waals surface area contributed by atoms with Crippen molar-refractivity contribution in [2.75, 3.05) is 0 Å². The molecule has 1 aromatic carbocycles. The average Bonchev–Trinajstić information content (AvgIpc) is 2.34. The molecule has 55 valence electrons. The highest BCUT2D eigenvalue weighted by atomic mass is 16.3. The molecule has 1 heterocycles. The number of phenolic OH excluding ortho intramolecular Hbond substituents is 1. The van der Waals surface area contributed by atoms with Crippen LogP contribution < -0.4 is 0 Å². The van der Waals surface area contributed by atoms with Crippen molar-refractivity contribution in [1.29, 1.82) is 0 Å². The second-order valence-corrected chi connectivity index (χ2v) is 2.51. The molecule has 0 amide bonds. The number of hydrogen-bond acceptors (Lipinski definition) is 1. The van der Waals surface area contributed by atoms with Gasteiger partial charge in [-0.25, -0.2) is 0 Å². The maximum absolute atomic E-state index is 9.38. The average molecular weight is 146 g/mol. The number of benzene rings is 1. The van der Waals surface area contributed by atoms with E-state index >= 15 is 0 Å². The summed E-state index contributed by atoms with van der Waals surface area (Å²) >= 11 is 0. The van der Waals surface area contributed by atoms with Crippen molar-refractivity contribution in [3.05, 3.63) is 36.9 Å². The Kier molecular flexibility index (Phi) is 1.15. The molecule has 2 rings (SSSR count). The van der Waals surface area contributed by atoms with E-state index < -0.39 is 0 Å². The third-order valence-corrected chi connectivity index (χ3v) is 1.77. The number of nitrogens with one attached hydrogen (secondary N) is 1. The molecule has 2 heteroatoms. The second kappa shape index (κ2) is 2.02. The molecule has 0 bridgehead atoms. The lowest BCUT2D eigenvalue weighted by Gasteiger charge is -1.94. The standard InChI is InChI=1S/C9H8NO/c1-6-5-10-7-3-2-4-8(11)9(6)7/h2-5,10-11H,1H2. The molecule has 0 saturated carbocycles. The van der Waals surface area contributed by atoms with E-state index in [-0.39, 0.29) is 5.75 Å². The molecule has 1 aromatic heterocycles. The minimum absolute atomic E-state index is 0.286. The molecule has 0 saturated heterocycles. The summed E-state index contributed by atoms with van der Waals surface area (Å²) in [6.45, 7) is 3.78. The van der Waals surface area contributed by atoms with E-state index in [9.17, 15) is 5.11 Å².